The van der Waals surface area contributed by atoms with Crippen molar-refractivity contribution in [3.63, 3.8) is 0 Å². The lowest BCUT2D eigenvalue weighted by molar-refractivity contribution is -0.118. The molecule has 0 aliphatic carbocycles. The van der Waals surface area contributed by atoms with E-state index in [1.165, 1.54) is 24.0 Å². The fourth-order valence-electron chi connectivity index (χ4n) is 2.54. The van der Waals surface area contributed by atoms with Crippen molar-refractivity contribution in [2.45, 2.75) is 18.3 Å². The normalized spacial score (nSPS) is 11.0. The van der Waals surface area contributed by atoms with Crippen LogP contribution in [0.3, 0.4) is 0 Å². The van der Waals surface area contributed by atoms with Crippen LogP contribution in [0, 0.1) is 0 Å². The van der Waals surface area contributed by atoms with Crippen LogP contribution in [0.5, 0.6) is 11.5 Å². The summed E-state index contributed by atoms with van der Waals surface area (Å²) in [4.78, 5) is 12.2. The van der Waals surface area contributed by atoms with Crippen LogP contribution in [-0.4, -0.2) is 37.7 Å². The van der Waals surface area contributed by atoms with Crippen molar-refractivity contribution in [1.82, 2.24) is 20.2 Å². The van der Waals surface area contributed by atoms with Gasteiger partial charge in [0.15, 0.2) is 11.0 Å². The molecule has 2 N–H and O–H groups in total. The van der Waals surface area contributed by atoms with Gasteiger partial charge in [0.2, 0.25) is 0 Å². The Kier molecular flexibility index (Phi) is 9.19. The van der Waals surface area contributed by atoms with E-state index in [2.05, 4.69) is 43.2 Å². The SMILES string of the molecule is C=CCn1c(COc2ccc(Cl)cc2)nnc1SCC(=O)N/N=C/c1cc(Cl)cc(Br)c1O. The molecule has 0 saturated heterocycles. The summed E-state index contributed by atoms with van der Waals surface area (Å²) in [7, 11) is 0. The minimum atomic E-state index is -0.357. The van der Waals surface area contributed by atoms with Crippen LogP contribution in [0.15, 0.2) is 63.8 Å². The Hall–Kier alpha value is -2.53. The fraction of sp³-hybridized carbons (Fsp3) is 0.143. The monoisotopic (exact) mass is 569 g/mol. The van der Waals surface area contributed by atoms with Crippen molar-refractivity contribution < 1.29 is 14.6 Å². The average Bonchev–Trinajstić information content (AvgIpc) is 3.17. The maximum absolute atomic E-state index is 12.2. The number of carbonyl (C=O) groups excluding carboxylic acids is 1. The molecule has 0 saturated carbocycles. The Labute approximate surface area is 212 Å². The van der Waals surface area contributed by atoms with E-state index >= 15 is 0 Å². The smallest absolute Gasteiger partial charge is 0.250 e. The molecule has 3 aromatic rings. The second-order valence-electron chi connectivity index (χ2n) is 6.45. The third-order valence-electron chi connectivity index (χ3n) is 4.07. The van der Waals surface area contributed by atoms with Gasteiger partial charge in [-0.05, 0) is 52.3 Å². The molecule has 0 aliphatic rings. The first-order chi connectivity index (χ1) is 15.9. The highest BCUT2D eigenvalue weighted by atomic mass is 79.9. The largest absolute Gasteiger partial charge is 0.506 e. The Morgan fingerprint density at radius 1 is 1.27 bits per heavy atom. The van der Waals surface area contributed by atoms with E-state index in [-0.39, 0.29) is 24.0 Å². The van der Waals surface area contributed by atoms with Gasteiger partial charge in [-0.2, -0.15) is 5.10 Å². The van der Waals surface area contributed by atoms with Crippen molar-refractivity contribution in [1.29, 1.82) is 0 Å². The number of hydrazone groups is 1. The van der Waals surface area contributed by atoms with E-state index in [4.69, 9.17) is 27.9 Å². The van der Waals surface area contributed by atoms with Gasteiger partial charge in [-0.3, -0.25) is 9.36 Å². The first kappa shape index (κ1) is 25.1. The Morgan fingerprint density at radius 2 is 2.03 bits per heavy atom. The number of aromatic nitrogens is 3. The average molecular weight is 571 g/mol. The molecule has 0 spiro atoms. The van der Waals surface area contributed by atoms with Gasteiger partial charge in [0, 0.05) is 22.2 Å². The van der Waals surface area contributed by atoms with Crippen molar-refractivity contribution in [2.24, 2.45) is 5.10 Å². The van der Waals surface area contributed by atoms with Crippen LogP contribution in [0.1, 0.15) is 11.4 Å². The summed E-state index contributed by atoms with van der Waals surface area (Å²) in [5.74, 6) is 0.904. The number of hydrogen-bond donors (Lipinski definition) is 2. The van der Waals surface area contributed by atoms with Crippen LogP contribution in [0.2, 0.25) is 10.0 Å². The topological polar surface area (TPSA) is 102 Å². The molecular weight excluding hydrogens is 553 g/mol. The van der Waals surface area contributed by atoms with Gasteiger partial charge >= 0.3 is 0 Å². The Morgan fingerprint density at radius 3 is 2.76 bits per heavy atom. The van der Waals surface area contributed by atoms with Gasteiger partial charge in [-0.1, -0.05) is 41.0 Å². The molecule has 0 bridgehead atoms. The first-order valence-electron chi connectivity index (χ1n) is 9.41. The summed E-state index contributed by atoms with van der Waals surface area (Å²) in [6, 6.07) is 10.1. The number of phenols is 1. The van der Waals surface area contributed by atoms with Crippen molar-refractivity contribution in [3.05, 3.63) is 75.0 Å². The van der Waals surface area contributed by atoms with Crippen LogP contribution >= 0.6 is 50.9 Å². The number of carbonyl (C=O) groups is 1. The van der Waals surface area contributed by atoms with Crippen molar-refractivity contribution in [3.8, 4) is 11.5 Å². The minimum Gasteiger partial charge on any atom is -0.506 e. The highest BCUT2D eigenvalue weighted by Crippen LogP contribution is 2.30. The molecule has 1 aromatic heterocycles. The standard InChI is InChI=1S/C21H18BrCl2N5O3S/c1-2-7-29-18(11-32-16-5-3-14(23)4-6-16)26-28-21(29)33-12-19(30)27-25-10-13-8-15(24)9-17(22)20(13)31/h2-6,8-10,31H,1,7,11-12H2,(H,27,30)/b25-10+. The third kappa shape index (κ3) is 7.23. The fourth-order valence-corrected chi connectivity index (χ4v) is 4.26. The van der Waals surface area contributed by atoms with Gasteiger partial charge in [-0.25, -0.2) is 5.43 Å². The maximum Gasteiger partial charge on any atom is 0.250 e. The minimum absolute atomic E-state index is 0.0300. The van der Waals surface area contributed by atoms with E-state index in [1.807, 2.05) is 4.57 Å². The zero-order valence-electron chi connectivity index (χ0n) is 17.0. The molecule has 33 heavy (non-hydrogen) atoms. The summed E-state index contributed by atoms with van der Waals surface area (Å²) >= 11 is 16.2. The lowest BCUT2D eigenvalue weighted by Crippen LogP contribution is -2.20. The van der Waals surface area contributed by atoms with E-state index < -0.39 is 0 Å². The number of amides is 1. The molecule has 0 radical (unpaired) electrons. The molecule has 0 atom stereocenters. The molecule has 1 heterocycles. The molecule has 2 aromatic carbocycles. The van der Waals surface area contributed by atoms with Gasteiger partial charge in [0.05, 0.1) is 16.4 Å². The molecule has 12 heteroatoms. The highest BCUT2D eigenvalue weighted by Gasteiger charge is 2.14. The molecule has 1 amide bonds. The van der Waals surface area contributed by atoms with Crippen LogP contribution in [0.25, 0.3) is 0 Å². The lowest BCUT2D eigenvalue weighted by Gasteiger charge is -2.09. The number of hydrogen-bond acceptors (Lipinski definition) is 7. The second kappa shape index (κ2) is 12.1. The van der Waals surface area contributed by atoms with E-state index in [0.29, 0.717) is 43.4 Å². The van der Waals surface area contributed by atoms with Gasteiger partial charge in [0.1, 0.15) is 18.1 Å². The lowest BCUT2D eigenvalue weighted by atomic mass is 10.2. The molecule has 0 aliphatic heterocycles. The molecule has 8 nitrogen and oxygen atoms in total. The van der Waals surface area contributed by atoms with Crippen molar-refractivity contribution in [2.75, 3.05) is 5.75 Å². The van der Waals surface area contributed by atoms with Crippen LogP contribution in [0.4, 0.5) is 0 Å². The second-order valence-corrected chi connectivity index (χ2v) is 9.12. The zero-order chi connectivity index (χ0) is 23.8. The summed E-state index contributed by atoms with van der Waals surface area (Å²) in [6.45, 7) is 4.41. The van der Waals surface area contributed by atoms with E-state index in [0.717, 1.165) is 0 Å². The predicted octanol–water partition coefficient (Wildman–Crippen LogP) is 5.06. The Bertz CT molecular complexity index is 1170. The molecular formula is C21H18BrCl2N5O3S. The number of nitrogens with one attached hydrogen (secondary N) is 1. The number of allylic oxidation sites excluding steroid dienone is 1. The first-order valence-corrected chi connectivity index (χ1v) is 11.9. The molecule has 0 fully saturated rings. The Balaban J connectivity index is 1.57. The number of ether oxygens (including phenoxy) is 1. The quantitative estimate of drug-likeness (QED) is 0.153. The van der Waals surface area contributed by atoms with Gasteiger partial charge < -0.3 is 9.84 Å². The van der Waals surface area contributed by atoms with Gasteiger partial charge in [-0.15, -0.1) is 16.8 Å². The third-order valence-corrected chi connectivity index (χ3v) is 6.11. The van der Waals surface area contributed by atoms with Gasteiger partial charge in [0.25, 0.3) is 5.91 Å². The number of phenolic OH excluding ortho intramolecular Hbond substituents is 1. The summed E-state index contributed by atoms with van der Waals surface area (Å²) < 4.78 is 7.98. The number of halogens is 3. The van der Waals surface area contributed by atoms with E-state index in [1.54, 1.807) is 36.4 Å². The van der Waals surface area contributed by atoms with Crippen LogP contribution < -0.4 is 10.2 Å². The predicted molar refractivity (Wildman–Crippen MR) is 133 cm³/mol. The highest BCUT2D eigenvalue weighted by molar-refractivity contribution is 9.10. The molecule has 0 unspecified atom stereocenters. The number of thioether (sulfide) groups is 1. The van der Waals surface area contributed by atoms with Crippen molar-refractivity contribution >= 4 is 63.0 Å². The maximum atomic E-state index is 12.2. The summed E-state index contributed by atoms with van der Waals surface area (Å²) in [6.07, 6.45) is 3.01. The number of rotatable bonds is 10. The summed E-state index contributed by atoms with van der Waals surface area (Å²) in [5.41, 5.74) is 2.76. The number of benzene rings is 2. The van der Waals surface area contributed by atoms with Crippen LogP contribution in [-0.2, 0) is 17.9 Å². The molecule has 172 valence electrons. The number of nitrogens with zero attached hydrogens (tertiary/aromatic N) is 4. The molecule has 3 rings (SSSR count). The van der Waals surface area contributed by atoms with E-state index in [9.17, 15) is 9.90 Å². The summed E-state index contributed by atoms with van der Waals surface area (Å²) in [5, 5.41) is 23.7. The zero-order valence-corrected chi connectivity index (χ0v) is 21.0. The number of aromatic hydroxyl groups is 1.